The Bertz CT molecular complexity index is 1100. The number of fused-ring (bicyclic) bond motifs is 1. The van der Waals surface area contributed by atoms with Gasteiger partial charge in [0, 0.05) is 13.1 Å². The Morgan fingerprint density at radius 2 is 1.63 bits per heavy atom. The number of para-hydroxylation sites is 2. The zero-order valence-corrected chi connectivity index (χ0v) is 17.1. The van der Waals surface area contributed by atoms with E-state index in [1.807, 2.05) is 54.9 Å². The number of amides is 2. The predicted octanol–water partition coefficient (Wildman–Crippen LogP) is 4.82. The number of aromatic nitrogens is 2. The van der Waals surface area contributed by atoms with Gasteiger partial charge in [0.1, 0.15) is 0 Å². The molecule has 0 aliphatic carbocycles. The Kier molecular flexibility index (Phi) is 6.09. The van der Waals surface area contributed by atoms with E-state index in [-0.39, 0.29) is 12.1 Å². The van der Waals surface area contributed by atoms with Crippen molar-refractivity contribution < 1.29 is 4.79 Å². The number of aryl methyl sites for hydroxylation is 2. The van der Waals surface area contributed by atoms with Gasteiger partial charge in [0.05, 0.1) is 23.4 Å². The number of rotatable bonds is 7. The summed E-state index contributed by atoms with van der Waals surface area (Å²) >= 11 is 0. The normalized spacial score (nSPS) is 11.9. The zero-order valence-electron chi connectivity index (χ0n) is 17.1. The number of carbonyl (C=O) groups is 1. The minimum atomic E-state index is -0.190. The van der Waals surface area contributed by atoms with Crippen LogP contribution in [0, 0.1) is 6.92 Å². The lowest BCUT2D eigenvalue weighted by atomic mass is 9.98. The minimum absolute atomic E-state index is 0.167. The molecule has 1 atom stereocenters. The number of benzene rings is 3. The fourth-order valence-electron chi connectivity index (χ4n) is 3.59. The highest BCUT2D eigenvalue weighted by molar-refractivity contribution is 5.75. The summed E-state index contributed by atoms with van der Waals surface area (Å²) in [4.78, 5) is 17.0. The van der Waals surface area contributed by atoms with Crippen molar-refractivity contribution in [3.63, 3.8) is 0 Å². The van der Waals surface area contributed by atoms with Gasteiger partial charge in [0.15, 0.2) is 0 Å². The number of imidazole rings is 1. The van der Waals surface area contributed by atoms with Gasteiger partial charge < -0.3 is 15.2 Å². The molecule has 5 heteroatoms. The fraction of sp³-hybridized carbons (Fsp3) is 0.200. The number of carbonyl (C=O) groups excluding carboxylic acids is 1. The van der Waals surface area contributed by atoms with E-state index in [0.717, 1.165) is 35.1 Å². The number of hydrogen-bond acceptors (Lipinski definition) is 2. The first kappa shape index (κ1) is 19.7. The third-order valence-corrected chi connectivity index (χ3v) is 5.21. The molecule has 0 bridgehead atoms. The van der Waals surface area contributed by atoms with Gasteiger partial charge in [-0.15, -0.1) is 0 Å². The van der Waals surface area contributed by atoms with Crippen molar-refractivity contribution in [1.82, 2.24) is 20.2 Å². The van der Waals surface area contributed by atoms with Crippen LogP contribution < -0.4 is 10.6 Å². The topological polar surface area (TPSA) is 59.0 Å². The second-order valence-corrected chi connectivity index (χ2v) is 7.43. The Morgan fingerprint density at radius 3 is 2.43 bits per heavy atom. The lowest BCUT2D eigenvalue weighted by molar-refractivity contribution is 0.238. The van der Waals surface area contributed by atoms with E-state index in [2.05, 4.69) is 57.4 Å². The minimum Gasteiger partial charge on any atom is -0.338 e. The maximum absolute atomic E-state index is 12.6. The summed E-state index contributed by atoms with van der Waals surface area (Å²) in [5, 5.41) is 6.11. The molecule has 4 aromatic rings. The molecule has 0 saturated heterocycles. The van der Waals surface area contributed by atoms with Crippen LogP contribution in [-0.2, 0) is 6.54 Å². The average Bonchev–Trinajstić information content (AvgIpc) is 3.19. The summed E-state index contributed by atoms with van der Waals surface area (Å²) in [5.41, 5.74) is 5.42. The molecule has 30 heavy (non-hydrogen) atoms. The highest BCUT2D eigenvalue weighted by Gasteiger charge is 2.16. The van der Waals surface area contributed by atoms with Crippen LogP contribution in [0.15, 0.2) is 85.2 Å². The monoisotopic (exact) mass is 398 g/mol. The van der Waals surface area contributed by atoms with E-state index >= 15 is 0 Å². The number of nitrogens with one attached hydrogen (secondary N) is 2. The van der Waals surface area contributed by atoms with Gasteiger partial charge in [-0.2, -0.15) is 0 Å². The second-order valence-electron chi connectivity index (χ2n) is 7.43. The Morgan fingerprint density at radius 1 is 0.933 bits per heavy atom. The van der Waals surface area contributed by atoms with Crippen LogP contribution in [0.5, 0.6) is 0 Å². The SMILES string of the molecule is Cc1ccc(C(NC(=O)NCCCn2cnc3ccccc32)c2ccccc2)cc1. The molecule has 3 aromatic carbocycles. The maximum atomic E-state index is 12.6. The van der Waals surface area contributed by atoms with Gasteiger partial charge in [0.25, 0.3) is 0 Å². The number of urea groups is 1. The van der Waals surface area contributed by atoms with Crippen LogP contribution in [0.25, 0.3) is 11.0 Å². The van der Waals surface area contributed by atoms with Gasteiger partial charge >= 0.3 is 6.03 Å². The highest BCUT2D eigenvalue weighted by atomic mass is 16.2. The van der Waals surface area contributed by atoms with Crippen molar-refractivity contribution in [3.05, 3.63) is 102 Å². The predicted molar refractivity (Wildman–Crippen MR) is 120 cm³/mol. The molecule has 2 amide bonds. The first-order valence-electron chi connectivity index (χ1n) is 10.3. The van der Waals surface area contributed by atoms with Crippen molar-refractivity contribution in [2.45, 2.75) is 25.9 Å². The molecule has 152 valence electrons. The van der Waals surface area contributed by atoms with E-state index in [4.69, 9.17) is 0 Å². The Hall–Kier alpha value is -3.60. The van der Waals surface area contributed by atoms with E-state index in [1.165, 1.54) is 5.56 Å². The van der Waals surface area contributed by atoms with Crippen LogP contribution in [-0.4, -0.2) is 22.1 Å². The number of hydrogen-bond donors (Lipinski definition) is 2. The average molecular weight is 399 g/mol. The molecule has 0 radical (unpaired) electrons. The molecule has 0 fully saturated rings. The van der Waals surface area contributed by atoms with E-state index in [1.54, 1.807) is 0 Å². The van der Waals surface area contributed by atoms with E-state index in [9.17, 15) is 4.79 Å². The molecule has 1 heterocycles. The smallest absolute Gasteiger partial charge is 0.315 e. The Labute approximate surface area is 176 Å². The van der Waals surface area contributed by atoms with Gasteiger partial charge in [-0.25, -0.2) is 9.78 Å². The summed E-state index contributed by atoms with van der Waals surface area (Å²) in [5.74, 6) is 0. The summed E-state index contributed by atoms with van der Waals surface area (Å²) in [6.45, 7) is 3.46. The molecule has 0 saturated carbocycles. The first-order valence-corrected chi connectivity index (χ1v) is 10.3. The lowest BCUT2D eigenvalue weighted by Crippen LogP contribution is -2.39. The molecule has 0 aliphatic rings. The van der Waals surface area contributed by atoms with Crippen LogP contribution in [0.3, 0.4) is 0 Å². The number of nitrogens with zero attached hydrogens (tertiary/aromatic N) is 2. The summed E-state index contributed by atoms with van der Waals surface area (Å²) in [6.07, 6.45) is 2.68. The van der Waals surface area contributed by atoms with Gasteiger partial charge in [-0.3, -0.25) is 0 Å². The summed E-state index contributed by atoms with van der Waals surface area (Å²) < 4.78 is 2.12. The third kappa shape index (κ3) is 4.69. The van der Waals surface area contributed by atoms with Crippen LogP contribution >= 0.6 is 0 Å². The summed E-state index contributed by atoms with van der Waals surface area (Å²) in [7, 11) is 0. The largest absolute Gasteiger partial charge is 0.338 e. The van der Waals surface area contributed by atoms with E-state index < -0.39 is 0 Å². The van der Waals surface area contributed by atoms with Crippen molar-refractivity contribution in [2.75, 3.05) is 6.54 Å². The lowest BCUT2D eigenvalue weighted by Gasteiger charge is -2.20. The van der Waals surface area contributed by atoms with Crippen LogP contribution in [0.1, 0.15) is 29.2 Å². The molecule has 1 unspecified atom stereocenters. The van der Waals surface area contributed by atoms with Crippen molar-refractivity contribution >= 4 is 17.1 Å². The quantitative estimate of drug-likeness (QED) is 0.438. The molecular weight excluding hydrogens is 372 g/mol. The standard InChI is InChI=1S/C25H26N4O/c1-19-12-14-21(15-13-19)24(20-8-3-2-4-9-20)28-25(30)26-16-7-17-29-18-27-22-10-5-6-11-23(22)29/h2-6,8-15,18,24H,7,16-17H2,1H3,(H2,26,28,30). The van der Waals surface area contributed by atoms with Gasteiger partial charge in [-0.1, -0.05) is 72.3 Å². The summed E-state index contributed by atoms with van der Waals surface area (Å²) in [6, 6.07) is 26.0. The molecular formula is C25H26N4O. The Balaban J connectivity index is 1.35. The van der Waals surface area contributed by atoms with Crippen LogP contribution in [0.2, 0.25) is 0 Å². The van der Waals surface area contributed by atoms with Gasteiger partial charge in [-0.05, 0) is 36.6 Å². The molecule has 5 nitrogen and oxygen atoms in total. The molecule has 4 rings (SSSR count). The molecule has 0 spiro atoms. The molecule has 2 N–H and O–H groups in total. The van der Waals surface area contributed by atoms with E-state index in [0.29, 0.717) is 6.54 Å². The maximum Gasteiger partial charge on any atom is 0.315 e. The second kappa shape index (κ2) is 9.27. The molecule has 1 aromatic heterocycles. The molecule has 0 aliphatic heterocycles. The third-order valence-electron chi connectivity index (χ3n) is 5.21. The fourth-order valence-corrected chi connectivity index (χ4v) is 3.59. The zero-order chi connectivity index (χ0) is 20.8. The van der Waals surface area contributed by atoms with Gasteiger partial charge in [0.2, 0.25) is 0 Å². The van der Waals surface area contributed by atoms with Crippen molar-refractivity contribution in [3.8, 4) is 0 Å². The highest BCUT2D eigenvalue weighted by Crippen LogP contribution is 2.22. The van der Waals surface area contributed by atoms with Crippen molar-refractivity contribution in [1.29, 1.82) is 0 Å². The first-order chi connectivity index (χ1) is 14.7. The van der Waals surface area contributed by atoms with Crippen molar-refractivity contribution in [2.24, 2.45) is 0 Å². The van der Waals surface area contributed by atoms with Crippen LogP contribution in [0.4, 0.5) is 4.79 Å².